The largest absolute Gasteiger partial charge is 0.462 e. The fourth-order valence-electron chi connectivity index (χ4n) is 0.825. The summed E-state index contributed by atoms with van der Waals surface area (Å²) in [6.07, 6.45) is 3.17. The van der Waals surface area contributed by atoms with Crippen LogP contribution >= 0.6 is 23.4 Å². The summed E-state index contributed by atoms with van der Waals surface area (Å²) >= 11 is 7.16. The van der Waals surface area contributed by atoms with Gasteiger partial charge in [0.15, 0.2) is 10.3 Å². The van der Waals surface area contributed by atoms with Crippen molar-refractivity contribution >= 4 is 39.7 Å². The molecule has 6 heteroatoms. The van der Waals surface area contributed by atoms with Crippen LogP contribution in [-0.2, 0) is 9.53 Å². The number of carbonyl (C=O) groups is 1. The van der Waals surface area contributed by atoms with Gasteiger partial charge in [0.25, 0.3) is 0 Å². The SMILES string of the molecule is CCOC(=O)C1=C=CN=C(SC)N=C1Cl. The number of esters is 1. The molecule has 0 fully saturated rings. The van der Waals surface area contributed by atoms with Gasteiger partial charge in [-0.15, -0.1) is 0 Å². The molecule has 0 spiro atoms. The van der Waals surface area contributed by atoms with E-state index in [0.29, 0.717) is 5.17 Å². The minimum absolute atomic E-state index is 0.0512. The van der Waals surface area contributed by atoms with Gasteiger partial charge in [-0.1, -0.05) is 29.1 Å². The maximum atomic E-state index is 11.4. The Bertz CT molecular complexity index is 395. The summed E-state index contributed by atoms with van der Waals surface area (Å²) in [5.41, 5.74) is 2.74. The second kappa shape index (κ2) is 5.75. The zero-order chi connectivity index (χ0) is 11.3. The Morgan fingerprint density at radius 3 is 3.07 bits per heavy atom. The number of amidine groups is 1. The highest BCUT2D eigenvalue weighted by Gasteiger charge is 2.17. The zero-order valence-electron chi connectivity index (χ0n) is 8.28. The topological polar surface area (TPSA) is 51.0 Å². The van der Waals surface area contributed by atoms with Crippen molar-refractivity contribution in [2.45, 2.75) is 6.92 Å². The highest BCUT2D eigenvalue weighted by Crippen LogP contribution is 2.11. The molecule has 0 aromatic heterocycles. The second-order valence-electron chi connectivity index (χ2n) is 2.39. The van der Waals surface area contributed by atoms with Crippen LogP contribution in [0.25, 0.3) is 0 Å². The molecule has 0 saturated carbocycles. The normalized spacial score (nSPS) is 15.0. The molecule has 1 aliphatic heterocycles. The first-order valence-electron chi connectivity index (χ1n) is 4.17. The van der Waals surface area contributed by atoms with Crippen molar-refractivity contribution < 1.29 is 9.53 Å². The van der Waals surface area contributed by atoms with Gasteiger partial charge in [-0.25, -0.2) is 14.8 Å². The summed E-state index contributed by atoms with van der Waals surface area (Å²) in [5.74, 6) is -0.542. The maximum Gasteiger partial charge on any atom is 0.349 e. The van der Waals surface area contributed by atoms with Gasteiger partial charge in [-0.05, 0) is 13.2 Å². The smallest absolute Gasteiger partial charge is 0.349 e. The Morgan fingerprint density at radius 1 is 1.73 bits per heavy atom. The second-order valence-corrected chi connectivity index (χ2v) is 3.52. The third kappa shape index (κ3) is 3.23. The zero-order valence-corrected chi connectivity index (χ0v) is 9.85. The van der Waals surface area contributed by atoms with E-state index < -0.39 is 5.97 Å². The number of halogens is 1. The van der Waals surface area contributed by atoms with Gasteiger partial charge in [0.05, 0.1) is 12.8 Å². The molecular formula is C9H9ClN2O2S. The lowest BCUT2D eigenvalue weighted by molar-refractivity contribution is -0.137. The highest BCUT2D eigenvalue weighted by molar-refractivity contribution is 8.13. The standard InChI is InChI=1S/C9H9ClN2O2S/c1-3-14-8(13)6-4-5-11-9(15-2)12-7(6)10/h5H,3H2,1-2H3. The number of rotatable bonds is 2. The van der Waals surface area contributed by atoms with Crippen molar-refractivity contribution in [3.63, 3.8) is 0 Å². The maximum absolute atomic E-state index is 11.4. The van der Waals surface area contributed by atoms with Crippen molar-refractivity contribution in [2.24, 2.45) is 9.98 Å². The Kier molecular flexibility index (Phi) is 4.62. The Hall–Kier alpha value is -1.03. The molecule has 80 valence electrons. The van der Waals surface area contributed by atoms with E-state index in [0.717, 1.165) is 0 Å². The molecule has 0 unspecified atom stereocenters. The van der Waals surface area contributed by atoms with E-state index in [1.54, 1.807) is 6.92 Å². The summed E-state index contributed by atoms with van der Waals surface area (Å²) in [6, 6.07) is 0. The fourth-order valence-corrected chi connectivity index (χ4v) is 1.43. The van der Waals surface area contributed by atoms with Gasteiger partial charge in [0.1, 0.15) is 5.57 Å². The van der Waals surface area contributed by atoms with Crippen LogP contribution in [0.1, 0.15) is 6.92 Å². The minimum atomic E-state index is -0.542. The third-order valence-corrected chi connectivity index (χ3v) is 2.28. The Balaban J connectivity index is 2.96. The molecule has 0 aromatic rings. The minimum Gasteiger partial charge on any atom is -0.462 e. The lowest BCUT2D eigenvalue weighted by Gasteiger charge is -2.01. The molecule has 0 saturated heterocycles. The quantitative estimate of drug-likeness (QED) is 0.551. The number of hydrogen-bond acceptors (Lipinski definition) is 5. The fraction of sp³-hybridized carbons (Fsp3) is 0.333. The van der Waals surface area contributed by atoms with E-state index in [1.807, 2.05) is 6.26 Å². The van der Waals surface area contributed by atoms with Crippen LogP contribution in [0, 0.1) is 0 Å². The number of carbonyl (C=O) groups excluding carboxylic acids is 1. The predicted molar refractivity (Wildman–Crippen MR) is 62.5 cm³/mol. The first kappa shape index (κ1) is 12.0. The third-order valence-electron chi connectivity index (χ3n) is 1.45. The van der Waals surface area contributed by atoms with Gasteiger partial charge in [-0.2, -0.15) is 0 Å². The molecule has 15 heavy (non-hydrogen) atoms. The molecule has 0 aliphatic carbocycles. The van der Waals surface area contributed by atoms with E-state index in [1.165, 1.54) is 18.0 Å². The van der Waals surface area contributed by atoms with E-state index in [2.05, 4.69) is 15.7 Å². The lowest BCUT2D eigenvalue weighted by Crippen LogP contribution is -2.12. The molecule has 0 bridgehead atoms. The molecule has 0 aromatic carbocycles. The van der Waals surface area contributed by atoms with Gasteiger partial charge >= 0.3 is 5.97 Å². The van der Waals surface area contributed by atoms with Gasteiger partial charge in [0, 0.05) is 0 Å². The van der Waals surface area contributed by atoms with Crippen molar-refractivity contribution in [3.05, 3.63) is 17.5 Å². The van der Waals surface area contributed by atoms with Crippen LogP contribution in [0.2, 0.25) is 0 Å². The molecule has 1 rings (SSSR count). The average Bonchev–Trinajstić information content (AvgIpc) is 2.40. The molecule has 0 N–H and O–H groups in total. The van der Waals surface area contributed by atoms with Crippen LogP contribution in [0.15, 0.2) is 27.5 Å². The number of hydrogen-bond donors (Lipinski definition) is 0. The summed E-state index contributed by atoms with van der Waals surface area (Å²) < 4.78 is 4.79. The van der Waals surface area contributed by atoms with Gasteiger partial charge in [-0.3, -0.25) is 0 Å². The Morgan fingerprint density at radius 2 is 2.47 bits per heavy atom. The Labute approximate surface area is 96.8 Å². The van der Waals surface area contributed by atoms with Gasteiger partial charge < -0.3 is 4.74 Å². The summed E-state index contributed by atoms with van der Waals surface area (Å²) in [4.78, 5) is 19.3. The highest BCUT2D eigenvalue weighted by atomic mass is 35.5. The number of thioether (sulfide) groups is 1. The van der Waals surface area contributed by atoms with Crippen LogP contribution in [0.4, 0.5) is 0 Å². The monoisotopic (exact) mass is 244 g/mol. The first-order valence-corrected chi connectivity index (χ1v) is 5.78. The van der Waals surface area contributed by atoms with Crippen LogP contribution in [0.3, 0.4) is 0 Å². The average molecular weight is 245 g/mol. The van der Waals surface area contributed by atoms with E-state index in [-0.39, 0.29) is 17.4 Å². The number of nitrogens with zero attached hydrogens (tertiary/aromatic N) is 2. The predicted octanol–water partition coefficient (Wildman–Crippen LogP) is 1.96. The van der Waals surface area contributed by atoms with Crippen molar-refractivity contribution in [1.29, 1.82) is 0 Å². The van der Waals surface area contributed by atoms with E-state index in [4.69, 9.17) is 16.3 Å². The van der Waals surface area contributed by atoms with Gasteiger partial charge in [0.2, 0.25) is 0 Å². The molecule has 4 nitrogen and oxygen atoms in total. The molecule has 1 heterocycles. The lowest BCUT2D eigenvalue weighted by atomic mass is 10.3. The molecular weight excluding hydrogens is 236 g/mol. The van der Waals surface area contributed by atoms with Crippen LogP contribution in [0.5, 0.6) is 0 Å². The molecule has 1 aliphatic rings. The summed E-state index contributed by atoms with van der Waals surface area (Å²) in [6.45, 7) is 2.00. The summed E-state index contributed by atoms with van der Waals surface area (Å²) in [5, 5.41) is 0.530. The van der Waals surface area contributed by atoms with E-state index in [9.17, 15) is 4.79 Å². The number of aliphatic imine (C=N–C) groups is 2. The van der Waals surface area contributed by atoms with Crippen molar-refractivity contribution in [2.75, 3.05) is 12.9 Å². The number of ether oxygens (including phenoxy) is 1. The van der Waals surface area contributed by atoms with Crippen LogP contribution < -0.4 is 0 Å². The summed E-state index contributed by atoms with van der Waals surface area (Å²) in [7, 11) is 0. The van der Waals surface area contributed by atoms with Crippen molar-refractivity contribution in [3.8, 4) is 0 Å². The molecule has 0 atom stereocenters. The van der Waals surface area contributed by atoms with E-state index >= 15 is 0 Å². The first-order chi connectivity index (χ1) is 7.19. The molecule has 0 amide bonds. The van der Waals surface area contributed by atoms with Crippen molar-refractivity contribution in [1.82, 2.24) is 0 Å². The van der Waals surface area contributed by atoms with Crippen LogP contribution in [-0.4, -0.2) is 29.2 Å². The molecule has 0 radical (unpaired) electrons.